The summed E-state index contributed by atoms with van der Waals surface area (Å²) in [6, 6.07) is 11.4. The second-order valence-electron chi connectivity index (χ2n) is 3.71. The van der Waals surface area contributed by atoms with E-state index in [1.54, 1.807) is 24.0 Å². The number of pyridine rings is 1. The topological polar surface area (TPSA) is 62.8 Å². The van der Waals surface area contributed by atoms with E-state index in [0.29, 0.717) is 5.56 Å². The summed E-state index contributed by atoms with van der Waals surface area (Å²) in [6.45, 7) is 0. The number of hydrogen-bond acceptors (Lipinski definition) is 3. The molecule has 0 fully saturated rings. The number of aromatic nitrogens is 1. The summed E-state index contributed by atoms with van der Waals surface area (Å²) >= 11 is 7.46. The Bertz CT molecular complexity index is 537. The van der Waals surface area contributed by atoms with Gasteiger partial charge in [0.25, 0.3) is 0 Å². The summed E-state index contributed by atoms with van der Waals surface area (Å²) in [5.74, 6) is 0.876. The van der Waals surface area contributed by atoms with Gasteiger partial charge in [-0.3, -0.25) is 5.41 Å². The third-order valence-electron chi connectivity index (χ3n) is 2.35. The van der Waals surface area contributed by atoms with Crippen molar-refractivity contribution >= 4 is 29.2 Å². The molecule has 92 valence electrons. The highest BCUT2D eigenvalue weighted by Gasteiger charge is 2.00. The molecule has 3 N–H and O–H groups in total. The normalized spacial score (nSPS) is 10.3. The van der Waals surface area contributed by atoms with Crippen LogP contribution in [0.5, 0.6) is 0 Å². The third kappa shape index (κ3) is 3.48. The van der Waals surface area contributed by atoms with E-state index in [4.69, 9.17) is 22.7 Å². The summed E-state index contributed by atoms with van der Waals surface area (Å²) in [5, 5.41) is 8.94. The van der Waals surface area contributed by atoms with E-state index in [0.717, 1.165) is 15.8 Å². The van der Waals surface area contributed by atoms with Crippen LogP contribution in [0, 0.1) is 5.41 Å². The van der Waals surface area contributed by atoms with E-state index in [9.17, 15) is 0 Å². The second-order valence-corrected chi connectivity index (χ2v) is 5.15. The average Bonchev–Trinajstić information content (AvgIpc) is 2.38. The number of nitrogen functional groups attached to an aromatic ring is 1. The quantitative estimate of drug-likeness (QED) is 0.512. The van der Waals surface area contributed by atoms with Gasteiger partial charge in [-0.25, -0.2) is 4.98 Å². The van der Waals surface area contributed by atoms with Gasteiger partial charge in [0.1, 0.15) is 5.84 Å². The molecule has 0 aliphatic rings. The third-order valence-corrected chi connectivity index (χ3v) is 3.61. The molecule has 0 atom stereocenters. The van der Waals surface area contributed by atoms with Gasteiger partial charge < -0.3 is 5.73 Å². The van der Waals surface area contributed by atoms with E-state index in [1.807, 2.05) is 30.3 Å². The molecule has 0 aliphatic carbocycles. The molecule has 18 heavy (non-hydrogen) atoms. The highest BCUT2D eigenvalue weighted by Crippen LogP contribution is 2.21. The lowest BCUT2D eigenvalue weighted by atomic mass is 10.2. The zero-order valence-electron chi connectivity index (χ0n) is 9.56. The van der Waals surface area contributed by atoms with Gasteiger partial charge in [-0.05, 0) is 29.8 Å². The number of hydrogen-bond donors (Lipinski definition) is 2. The zero-order valence-corrected chi connectivity index (χ0v) is 11.1. The molecule has 3 nitrogen and oxygen atoms in total. The smallest absolute Gasteiger partial charge is 0.124 e. The maximum atomic E-state index is 7.28. The van der Waals surface area contributed by atoms with E-state index in [2.05, 4.69) is 4.98 Å². The Hall–Kier alpha value is -1.52. The van der Waals surface area contributed by atoms with Crippen molar-refractivity contribution in [3.63, 3.8) is 0 Å². The van der Waals surface area contributed by atoms with E-state index in [1.165, 1.54) is 5.56 Å². The van der Waals surface area contributed by atoms with Crippen LogP contribution in [0.2, 0.25) is 5.02 Å². The molecule has 2 aromatic rings. The number of rotatable bonds is 4. The average molecular weight is 278 g/mol. The predicted molar refractivity (Wildman–Crippen MR) is 76.3 cm³/mol. The summed E-state index contributed by atoms with van der Waals surface area (Å²) in [7, 11) is 0. The van der Waals surface area contributed by atoms with Crippen LogP contribution in [0.25, 0.3) is 0 Å². The van der Waals surface area contributed by atoms with Gasteiger partial charge in [-0.2, -0.15) is 0 Å². The summed E-state index contributed by atoms with van der Waals surface area (Å²) in [5.41, 5.74) is 7.21. The minimum absolute atomic E-state index is 0.0387. The van der Waals surface area contributed by atoms with Crippen LogP contribution in [0.1, 0.15) is 11.1 Å². The lowest BCUT2D eigenvalue weighted by Gasteiger charge is -2.03. The van der Waals surface area contributed by atoms with Crippen LogP contribution in [0.15, 0.2) is 47.6 Å². The summed E-state index contributed by atoms with van der Waals surface area (Å²) in [4.78, 5) is 4.25. The summed E-state index contributed by atoms with van der Waals surface area (Å²) in [6.07, 6.45) is 1.62. The van der Waals surface area contributed by atoms with Crippen LogP contribution >= 0.6 is 23.4 Å². The molecule has 1 aromatic carbocycles. The Morgan fingerprint density at radius 1 is 1.22 bits per heavy atom. The van der Waals surface area contributed by atoms with Crippen molar-refractivity contribution in [3.8, 4) is 0 Å². The predicted octanol–water partition coefficient (Wildman–Crippen LogP) is 3.31. The Kier molecular flexibility index (Phi) is 4.23. The zero-order chi connectivity index (χ0) is 13.0. The number of thioether (sulfide) groups is 1. The molecule has 0 saturated heterocycles. The highest BCUT2D eigenvalue weighted by molar-refractivity contribution is 7.98. The van der Waals surface area contributed by atoms with Gasteiger partial charge in [0, 0.05) is 22.5 Å². The molecule has 0 radical (unpaired) electrons. The molecule has 0 aliphatic heterocycles. The minimum atomic E-state index is 0.0387. The maximum absolute atomic E-state index is 7.28. The lowest BCUT2D eigenvalue weighted by molar-refractivity contribution is 1.12. The molecule has 1 heterocycles. The Morgan fingerprint density at radius 3 is 2.50 bits per heavy atom. The standard InChI is InChI=1S/C13H12ClN3S/c14-11-4-1-9(2-5-11)8-18-12-6-3-10(7-17-12)13(15)16/h1-7H,8H2,(H3,15,16). The largest absolute Gasteiger partial charge is 0.384 e. The minimum Gasteiger partial charge on any atom is -0.384 e. The number of nitrogens with zero attached hydrogens (tertiary/aromatic N) is 1. The van der Waals surface area contributed by atoms with Crippen LogP contribution in [-0.2, 0) is 5.75 Å². The number of amidine groups is 1. The van der Waals surface area contributed by atoms with Crippen molar-refractivity contribution < 1.29 is 0 Å². The SMILES string of the molecule is N=C(N)c1ccc(SCc2ccc(Cl)cc2)nc1. The van der Waals surface area contributed by atoms with Crippen molar-refractivity contribution in [3.05, 3.63) is 58.7 Å². The van der Waals surface area contributed by atoms with E-state index < -0.39 is 0 Å². The molecule has 0 unspecified atom stereocenters. The van der Waals surface area contributed by atoms with E-state index in [-0.39, 0.29) is 5.84 Å². The van der Waals surface area contributed by atoms with Crippen molar-refractivity contribution in [1.82, 2.24) is 4.98 Å². The van der Waals surface area contributed by atoms with Gasteiger partial charge in [0.05, 0.1) is 5.03 Å². The fraction of sp³-hybridized carbons (Fsp3) is 0.0769. The monoisotopic (exact) mass is 277 g/mol. The Balaban J connectivity index is 1.97. The van der Waals surface area contributed by atoms with Gasteiger partial charge in [0.15, 0.2) is 0 Å². The van der Waals surface area contributed by atoms with Gasteiger partial charge in [0.2, 0.25) is 0 Å². The number of nitrogens with one attached hydrogen (secondary N) is 1. The van der Waals surface area contributed by atoms with Crippen LogP contribution < -0.4 is 5.73 Å². The van der Waals surface area contributed by atoms with Crippen molar-refractivity contribution in [1.29, 1.82) is 5.41 Å². The number of halogens is 1. The van der Waals surface area contributed by atoms with Crippen molar-refractivity contribution in [2.45, 2.75) is 10.8 Å². The second kappa shape index (κ2) is 5.89. The lowest BCUT2D eigenvalue weighted by Crippen LogP contribution is -2.11. The fourth-order valence-electron chi connectivity index (χ4n) is 1.36. The van der Waals surface area contributed by atoms with Crippen LogP contribution in [-0.4, -0.2) is 10.8 Å². The first-order valence-electron chi connectivity index (χ1n) is 5.33. The molecule has 0 spiro atoms. The Labute approximate surface area is 115 Å². The van der Waals surface area contributed by atoms with Crippen molar-refractivity contribution in [2.75, 3.05) is 0 Å². The van der Waals surface area contributed by atoms with Crippen LogP contribution in [0.3, 0.4) is 0 Å². The Morgan fingerprint density at radius 2 is 1.94 bits per heavy atom. The molecule has 0 bridgehead atoms. The summed E-state index contributed by atoms with van der Waals surface area (Å²) < 4.78 is 0. The molecule has 0 amide bonds. The van der Waals surface area contributed by atoms with E-state index >= 15 is 0 Å². The van der Waals surface area contributed by atoms with Gasteiger partial charge in [-0.15, -0.1) is 11.8 Å². The molecule has 2 rings (SSSR count). The molecule has 0 saturated carbocycles. The number of nitrogens with two attached hydrogens (primary N) is 1. The molecular weight excluding hydrogens is 266 g/mol. The first kappa shape index (κ1) is 12.9. The molecule has 1 aromatic heterocycles. The first-order chi connectivity index (χ1) is 8.65. The van der Waals surface area contributed by atoms with Crippen molar-refractivity contribution in [2.24, 2.45) is 5.73 Å². The highest BCUT2D eigenvalue weighted by atomic mass is 35.5. The maximum Gasteiger partial charge on any atom is 0.124 e. The molecular formula is C13H12ClN3S. The van der Waals surface area contributed by atoms with Gasteiger partial charge >= 0.3 is 0 Å². The van der Waals surface area contributed by atoms with Gasteiger partial charge in [-0.1, -0.05) is 23.7 Å². The number of benzene rings is 1. The molecule has 5 heteroatoms. The van der Waals surface area contributed by atoms with Crippen LogP contribution in [0.4, 0.5) is 0 Å². The fourth-order valence-corrected chi connectivity index (χ4v) is 2.29. The first-order valence-corrected chi connectivity index (χ1v) is 6.69.